The number of hydrogen-bond acceptors (Lipinski definition) is 2. The topological polar surface area (TPSA) is 34.1 Å². The third-order valence-corrected chi connectivity index (χ3v) is 10.0. The number of rotatable bonds is 5. The van der Waals surface area contributed by atoms with Crippen molar-refractivity contribution in [1.29, 1.82) is 0 Å². The predicted molar refractivity (Wildman–Crippen MR) is 118 cm³/mol. The van der Waals surface area contributed by atoms with Crippen molar-refractivity contribution in [2.24, 2.45) is 40.4 Å². The van der Waals surface area contributed by atoms with Crippen molar-refractivity contribution in [2.75, 3.05) is 0 Å². The van der Waals surface area contributed by atoms with Gasteiger partial charge in [0.2, 0.25) is 0 Å². The number of carbonyl (C=O) groups is 2. The van der Waals surface area contributed by atoms with Crippen LogP contribution in [-0.4, -0.2) is 11.6 Å². The Kier molecular flexibility index (Phi) is 5.45. The van der Waals surface area contributed by atoms with Crippen LogP contribution in [0.2, 0.25) is 0 Å². The van der Waals surface area contributed by atoms with Gasteiger partial charge in [-0.3, -0.25) is 9.59 Å². The molecule has 0 aromatic heterocycles. The minimum absolute atomic E-state index is 0.0577. The zero-order valence-corrected chi connectivity index (χ0v) is 19.1. The summed E-state index contributed by atoms with van der Waals surface area (Å²) >= 11 is 0. The van der Waals surface area contributed by atoms with Crippen LogP contribution in [0.1, 0.15) is 91.9 Å². The third kappa shape index (κ3) is 3.29. The van der Waals surface area contributed by atoms with Gasteiger partial charge in [0.05, 0.1) is 0 Å². The number of Topliss-reactive ketones (excluding diaryl/α,β-unsaturated/α-hetero) is 1. The SMILES string of the molecule is C=C(CC)CC[C@@H](C)[C@H]1CC[C@H]2[C@@H]3CC(=O)C4=CC(=O)CC[C@]4(C)[C@H]3CC[C@]12C. The third-order valence-electron chi connectivity index (χ3n) is 10.0. The van der Waals surface area contributed by atoms with E-state index < -0.39 is 0 Å². The molecule has 0 unspecified atom stereocenters. The second-order valence-corrected chi connectivity index (χ2v) is 11.3. The van der Waals surface area contributed by atoms with Crippen molar-refractivity contribution in [3.63, 3.8) is 0 Å². The molecule has 0 N–H and O–H groups in total. The molecule has 3 saturated carbocycles. The normalized spacial score (nSPS) is 42.6. The van der Waals surface area contributed by atoms with Crippen LogP contribution < -0.4 is 0 Å². The van der Waals surface area contributed by atoms with Gasteiger partial charge in [-0.05, 0) is 97.9 Å². The number of carbonyl (C=O) groups excluding carboxylic acids is 2. The molecule has 0 bridgehead atoms. The fraction of sp³-hybridized carbons (Fsp3) is 0.778. The summed E-state index contributed by atoms with van der Waals surface area (Å²) in [6.07, 6.45) is 12.6. The second-order valence-electron chi connectivity index (χ2n) is 11.3. The highest BCUT2D eigenvalue weighted by atomic mass is 16.1. The number of fused-ring (bicyclic) bond motifs is 5. The fourth-order valence-corrected chi connectivity index (χ4v) is 8.17. The van der Waals surface area contributed by atoms with E-state index in [0.717, 1.165) is 30.3 Å². The minimum atomic E-state index is -0.0577. The Morgan fingerprint density at radius 2 is 1.93 bits per heavy atom. The van der Waals surface area contributed by atoms with Gasteiger partial charge in [-0.2, -0.15) is 0 Å². The Bertz CT molecular complexity index is 746. The van der Waals surface area contributed by atoms with Crippen LogP contribution in [0.25, 0.3) is 0 Å². The van der Waals surface area contributed by atoms with Crippen LogP contribution in [0.3, 0.4) is 0 Å². The van der Waals surface area contributed by atoms with Crippen molar-refractivity contribution in [1.82, 2.24) is 0 Å². The highest BCUT2D eigenvalue weighted by Gasteiger charge is 2.60. The summed E-state index contributed by atoms with van der Waals surface area (Å²) in [4.78, 5) is 25.1. The molecular formula is C27H40O2. The van der Waals surface area contributed by atoms with Crippen LogP contribution in [-0.2, 0) is 9.59 Å². The lowest BCUT2D eigenvalue weighted by Gasteiger charge is -2.57. The molecule has 0 aliphatic heterocycles. The zero-order chi connectivity index (χ0) is 21.0. The van der Waals surface area contributed by atoms with E-state index in [4.69, 9.17) is 0 Å². The van der Waals surface area contributed by atoms with Gasteiger partial charge >= 0.3 is 0 Å². The molecule has 4 aliphatic carbocycles. The van der Waals surface area contributed by atoms with Gasteiger partial charge < -0.3 is 0 Å². The van der Waals surface area contributed by atoms with Crippen molar-refractivity contribution in [3.8, 4) is 0 Å². The van der Waals surface area contributed by atoms with Crippen LogP contribution in [0.4, 0.5) is 0 Å². The first-order valence-corrected chi connectivity index (χ1v) is 12.2. The first kappa shape index (κ1) is 21.1. The molecule has 2 heteroatoms. The predicted octanol–water partition coefficient (Wildman–Crippen LogP) is 6.70. The molecule has 29 heavy (non-hydrogen) atoms. The first-order chi connectivity index (χ1) is 13.7. The Hall–Kier alpha value is -1.18. The largest absolute Gasteiger partial charge is 0.295 e. The second kappa shape index (κ2) is 7.50. The maximum absolute atomic E-state index is 13.1. The van der Waals surface area contributed by atoms with Crippen molar-refractivity contribution >= 4 is 11.6 Å². The first-order valence-electron chi connectivity index (χ1n) is 12.2. The molecule has 3 fully saturated rings. The molecule has 0 saturated heterocycles. The molecule has 4 rings (SSSR count). The number of allylic oxidation sites excluding steroid dienone is 2. The molecule has 0 spiro atoms. The lowest BCUT2D eigenvalue weighted by molar-refractivity contribution is -0.131. The fourth-order valence-electron chi connectivity index (χ4n) is 8.17. The molecule has 0 heterocycles. The Balaban J connectivity index is 1.56. The lowest BCUT2D eigenvalue weighted by Crippen LogP contribution is -2.53. The van der Waals surface area contributed by atoms with E-state index in [9.17, 15) is 9.59 Å². The summed E-state index contributed by atoms with van der Waals surface area (Å²) < 4.78 is 0. The quantitative estimate of drug-likeness (QED) is 0.485. The van der Waals surface area contributed by atoms with Crippen LogP contribution in [0, 0.1) is 40.4 Å². The summed E-state index contributed by atoms with van der Waals surface area (Å²) in [7, 11) is 0. The molecule has 4 aliphatic rings. The molecule has 160 valence electrons. The monoisotopic (exact) mass is 396 g/mol. The van der Waals surface area contributed by atoms with Crippen molar-refractivity contribution in [3.05, 3.63) is 23.8 Å². The lowest BCUT2D eigenvalue weighted by atomic mass is 9.46. The highest BCUT2D eigenvalue weighted by molar-refractivity contribution is 6.05. The number of ketones is 2. The average molecular weight is 397 g/mol. The van der Waals surface area contributed by atoms with Gasteiger partial charge in [-0.15, -0.1) is 0 Å². The van der Waals surface area contributed by atoms with Gasteiger partial charge in [-0.25, -0.2) is 0 Å². The Labute approximate surface area is 177 Å². The summed E-state index contributed by atoms with van der Waals surface area (Å²) in [5.74, 6) is 3.76. The van der Waals surface area contributed by atoms with Gasteiger partial charge in [0.1, 0.15) is 0 Å². The van der Waals surface area contributed by atoms with Crippen LogP contribution >= 0.6 is 0 Å². The highest BCUT2D eigenvalue weighted by Crippen LogP contribution is 2.67. The van der Waals surface area contributed by atoms with E-state index in [2.05, 4.69) is 34.3 Å². The van der Waals surface area contributed by atoms with E-state index in [0.29, 0.717) is 36.0 Å². The summed E-state index contributed by atoms with van der Waals surface area (Å²) in [6.45, 7) is 13.8. The molecule has 2 nitrogen and oxygen atoms in total. The van der Waals surface area contributed by atoms with E-state index >= 15 is 0 Å². The Morgan fingerprint density at radius 3 is 2.66 bits per heavy atom. The van der Waals surface area contributed by atoms with Gasteiger partial charge in [0.25, 0.3) is 0 Å². The van der Waals surface area contributed by atoms with Gasteiger partial charge in [0.15, 0.2) is 11.6 Å². The van der Waals surface area contributed by atoms with Crippen molar-refractivity contribution < 1.29 is 9.59 Å². The van der Waals surface area contributed by atoms with Crippen LogP contribution in [0.15, 0.2) is 23.8 Å². The van der Waals surface area contributed by atoms with Crippen LogP contribution in [0.5, 0.6) is 0 Å². The summed E-state index contributed by atoms with van der Waals surface area (Å²) in [6, 6.07) is 0. The number of hydrogen-bond donors (Lipinski definition) is 0. The Morgan fingerprint density at radius 1 is 1.17 bits per heavy atom. The van der Waals surface area contributed by atoms with E-state index in [-0.39, 0.29) is 17.0 Å². The van der Waals surface area contributed by atoms with E-state index in [1.807, 2.05) is 0 Å². The average Bonchev–Trinajstić information content (AvgIpc) is 3.05. The van der Waals surface area contributed by atoms with Gasteiger partial charge in [0, 0.05) is 18.4 Å². The van der Waals surface area contributed by atoms with E-state index in [1.165, 1.54) is 44.1 Å². The molecule has 0 aromatic rings. The van der Waals surface area contributed by atoms with Crippen molar-refractivity contribution in [2.45, 2.75) is 91.9 Å². The maximum Gasteiger partial charge on any atom is 0.159 e. The standard InChI is InChI=1S/C27H40O2/c1-6-17(2)7-8-18(3)21-9-10-22-20-16-25(29)24-15-19(28)11-13-27(24,5)23(20)12-14-26(21,22)4/h15,18,20-23H,2,6-14,16H2,1,3-5H3/t18-,20+,21-,22+,23+,26-,27-/m1/s1. The molecule has 0 amide bonds. The molecule has 0 aromatic carbocycles. The molecular weight excluding hydrogens is 356 g/mol. The summed E-state index contributed by atoms with van der Waals surface area (Å²) in [5.41, 5.74) is 2.59. The summed E-state index contributed by atoms with van der Waals surface area (Å²) in [5, 5.41) is 0. The molecule has 7 atom stereocenters. The van der Waals surface area contributed by atoms with E-state index in [1.54, 1.807) is 6.08 Å². The maximum atomic E-state index is 13.1. The minimum Gasteiger partial charge on any atom is -0.295 e. The molecule has 0 radical (unpaired) electrons. The zero-order valence-electron chi connectivity index (χ0n) is 19.1. The smallest absolute Gasteiger partial charge is 0.159 e. The van der Waals surface area contributed by atoms with Gasteiger partial charge in [-0.1, -0.05) is 39.8 Å².